The molecule has 1 saturated carbocycles. The molecule has 1 aliphatic carbocycles. The van der Waals surface area contributed by atoms with Crippen LogP contribution >= 0.6 is 0 Å². The van der Waals surface area contributed by atoms with Crippen LogP contribution in [0.25, 0.3) is 0 Å². The topological polar surface area (TPSA) is 75.3 Å². The number of hydrogen-bond acceptors (Lipinski definition) is 3. The fraction of sp³-hybridized carbons (Fsp3) is 0.316. The molecular formula is C19H20F2N2O3S. The first-order chi connectivity index (χ1) is 12.8. The lowest BCUT2D eigenvalue weighted by molar-refractivity contribution is 0.0927. The predicted octanol–water partition coefficient (Wildman–Crippen LogP) is 3.83. The van der Waals surface area contributed by atoms with Crippen molar-refractivity contribution in [3.63, 3.8) is 0 Å². The molecule has 1 amide bonds. The third-order valence-electron chi connectivity index (χ3n) is 4.48. The van der Waals surface area contributed by atoms with Gasteiger partial charge in [0.25, 0.3) is 15.9 Å². The maximum Gasteiger partial charge on any atom is 0.261 e. The number of anilines is 1. The summed E-state index contributed by atoms with van der Waals surface area (Å²) in [6.07, 6.45) is 5.27. The summed E-state index contributed by atoms with van der Waals surface area (Å²) in [6.45, 7) is 0. The van der Waals surface area contributed by atoms with Crippen LogP contribution in [0.15, 0.2) is 47.4 Å². The van der Waals surface area contributed by atoms with Crippen molar-refractivity contribution < 1.29 is 22.0 Å². The molecule has 2 N–H and O–H groups in total. The Morgan fingerprint density at radius 3 is 2.11 bits per heavy atom. The number of carbonyl (C=O) groups excluding carboxylic acids is 1. The van der Waals surface area contributed by atoms with Gasteiger partial charge in [-0.2, -0.15) is 0 Å². The monoisotopic (exact) mass is 394 g/mol. The number of carbonyl (C=O) groups is 1. The van der Waals surface area contributed by atoms with E-state index in [0.29, 0.717) is 11.6 Å². The zero-order valence-corrected chi connectivity index (χ0v) is 15.4. The number of hydrogen-bond donors (Lipinski definition) is 2. The lowest BCUT2D eigenvalue weighted by Gasteiger charge is -2.22. The Kier molecular flexibility index (Phi) is 5.74. The summed E-state index contributed by atoms with van der Waals surface area (Å²) in [5.74, 6) is -2.02. The van der Waals surface area contributed by atoms with E-state index in [-0.39, 0.29) is 22.5 Å². The highest BCUT2D eigenvalue weighted by Crippen LogP contribution is 2.20. The summed E-state index contributed by atoms with van der Waals surface area (Å²) in [7, 11) is -4.03. The Morgan fingerprint density at radius 1 is 0.926 bits per heavy atom. The van der Waals surface area contributed by atoms with Crippen LogP contribution in [-0.4, -0.2) is 20.4 Å². The van der Waals surface area contributed by atoms with Crippen molar-refractivity contribution in [3.05, 3.63) is 59.7 Å². The maximum atomic E-state index is 13.2. The average Bonchev–Trinajstić information content (AvgIpc) is 2.61. The van der Waals surface area contributed by atoms with Crippen molar-refractivity contribution in [2.75, 3.05) is 4.72 Å². The molecule has 0 atom stereocenters. The second kappa shape index (κ2) is 8.04. The molecule has 27 heavy (non-hydrogen) atoms. The molecule has 5 nitrogen and oxygen atoms in total. The van der Waals surface area contributed by atoms with E-state index in [1.54, 1.807) is 0 Å². The second-order valence-electron chi connectivity index (χ2n) is 6.60. The number of benzene rings is 2. The molecule has 0 aromatic heterocycles. The second-order valence-corrected chi connectivity index (χ2v) is 8.28. The normalized spacial score (nSPS) is 15.3. The van der Waals surface area contributed by atoms with Gasteiger partial charge in [0, 0.05) is 17.7 Å². The zero-order valence-electron chi connectivity index (χ0n) is 14.5. The molecule has 0 spiro atoms. The Morgan fingerprint density at radius 2 is 1.52 bits per heavy atom. The van der Waals surface area contributed by atoms with Gasteiger partial charge in [-0.3, -0.25) is 9.52 Å². The first-order valence-electron chi connectivity index (χ1n) is 8.73. The minimum Gasteiger partial charge on any atom is -0.349 e. The lowest BCUT2D eigenvalue weighted by atomic mass is 9.95. The number of halogens is 2. The molecule has 2 aromatic rings. The smallest absolute Gasteiger partial charge is 0.261 e. The highest BCUT2D eigenvalue weighted by Gasteiger charge is 2.19. The van der Waals surface area contributed by atoms with Crippen LogP contribution < -0.4 is 10.0 Å². The van der Waals surface area contributed by atoms with E-state index in [2.05, 4.69) is 10.0 Å². The van der Waals surface area contributed by atoms with Crippen molar-refractivity contribution >= 4 is 21.6 Å². The fourth-order valence-corrected chi connectivity index (χ4v) is 4.17. The average molecular weight is 394 g/mol. The molecule has 0 aliphatic heterocycles. The number of amides is 1. The van der Waals surface area contributed by atoms with Crippen LogP contribution in [0.5, 0.6) is 0 Å². The first-order valence-corrected chi connectivity index (χ1v) is 10.2. The molecule has 3 rings (SSSR count). The van der Waals surface area contributed by atoms with Gasteiger partial charge in [-0.25, -0.2) is 17.2 Å². The maximum absolute atomic E-state index is 13.2. The van der Waals surface area contributed by atoms with E-state index in [9.17, 15) is 22.0 Å². The highest BCUT2D eigenvalue weighted by molar-refractivity contribution is 7.92. The van der Waals surface area contributed by atoms with Gasteiger partial charge in [-0.05, 0) is 49.2 Å². The van der Waals surface area contributed by atoms with Crippen molar-refractivity contribution in [1.82, 2.24) is 5.32 Å². The summed E-state index contributed by atoms with van der Waals surface area (Å²) in [6, 6.07) is 7.97. The molecule has 0 heterocycles. The molecule has 1 aliphatic rings. The van der Waals surface area contributed by atoms with Crippen molar-refractivity contribution in [3.8, 4) is 0 Å². The summed E-state index contributed by atoms with van der Waals surface area (Å²) in [5.41, 5.74) is 0.142. The number of sulfonamides is 1. The van der Waals surface area contributed by atoms with Crippen LogP contribution in [0.4, 0.5) is 14.5 Å². The minimum absolute atomic E-state index is 0.110. The molecule has 0 bridgehead atoms. The lowest BCUT2D eigenvalue weighted by Crippen LogP contribution is -2.36. The molecule has 1 fully saturated rings. The SMILES string of the molecule is O=C(NC1CCCCC1)c1ccc(S(=O)(=O)Nc2cc(F)cc(F)c2)cc1. The minimum atomic E-state index is -4.03. The van der Waals surface area contributed by atoms with Crippen LogP contribution in [0.3, 0.4) is 0 Å². The van der Waals surface area contributed by atoms with Gasteiger partial charge in [0.1, 0.15) is 11.6 Å². The Hall–Kier alpha value is -2.48. The Balaban J connectivity index is 1.70. The number of nitrogens with one attached hydrogen (secondary N) is 2. The van der Waals surface area contributed by atoms with Gasteiger partial charge >= 0.3 is 0 Å². The third-order valence-corrected chi connectivity index (χ3v) is 5.88. The standard InChI is InChI=1S/C19H20F2N2O3S/c20-14-10-15(21)12-17(11-14)23-27(25,26)18-8-6-13(7-9-18)19(24)22-16-4-2-1-3-5-16/h6-12,16,23H,1-5H2,(H,22,24). The molecular weight excluding hydrogens is 374 g/mol. The van der Waals surface area contributed by atoms with Crippen molar-refractivity contribution in [2.45, 2.75) is 43.0 Å². The largest absolute Gasteiger partial charge is 0.349 e. The van der Waals surface area contributed by atoms with E-state index in [0.717, 1.165) is 37.8 Å². The molecule has 0 radical (unpaired) electrons. The van der Waals surface area contributed by atoms with Gasteiger partial charge in [-0.1, -0.05) is 19.3 Å². The summed E-state index contributed by atoms with van der Waals surface area (Å²) in [5, 5.41) is 2.96. The first kappa shape index (κ1) is 19.3. The summed E-state index contributed by atoms with van der Waals surface area (Å²) >= 11 is 0. The van der Waals surface area contributed by atoms with Gasteiger partial charge in [0.15, 0.2) is 0 Å². The summed E-state index contributed by atoms with van der Waals surface area (Å²) < 4.78 is 53.3. The number of rotatable bonds is 5. The van der Waals surface area contributed by atoms with Crippen LogP contribution in [0, 0.1) is 11.6 Å². The highest BCUT2D eigenvalue weighted by atomic mass is 32.2. The van der Waals surface area contributed by atoms with E-state index in [1.165, 1.54) is 30.7 Å². The molecule has 0 saturated heterocycles. The van der Waals surface area contributed by atoms with Gasteiger partial charge in [0.2, 0.25) is 0 Å². The predicted molar refractivity (Wildman–Crippen MR) is 97.9 cm³/mol. The Bertz CT molecular complexity index is 904. The van der Waals surface area contributed by atoms with Crippen molar-refractivity contribution in [2.24, 2.45) is 0 Å². The van der Waals surface area contributed by atoms with E-state index >= 15 is 0 Å². The summed E-state index contributed by atoms with van der Waals surface area (Å²) in [4.78, 5) is 12.2. The van der Waals surface area contributed by atoms with Crippen LogP contribution in [0.2, 0.25) is 0 Å². The van der Waals surface area contributed by atoms with Gasteiger partial charge in [-0.15, -0.1) is 0 Å². The van der Waals surface area contributed by atoms with Crippen molar-refractivity contribution in [1.29, 1.82) is 0 Å². The van der Waals surface area contributed by atoms with E-state index in [1.807, 2.05) is 0 Å². The van der Waals surface area contributed by atoms with Gasteiger partial charge in [0.05, 0.1) is 10.6 Å². The third kappa shape index (κ3) is 5.03. The van der Waals surface area contributed by atoms with Crippen LogP contribution in [0.1, 0.15) is 42.5 Å². The fourth-order valence-electron chi connectivity index (χ4n) is 3.13. The molecule has 8 heteroatoms. The van der Waals surface area contributed by atoms with E-state index < -0.39 is 21.7 Å². The molecule has 144 valence electrons. The molecule has 2 aromatic carbocycles. The van der Waals surface area contributed by atoms with Gasteiger partial charge < -0.3 is 5.32 Å². The Labute approximate surface area is 156 Å². The van der Waals surface area contributed by atoms with Crippen LogP contribution in [-0.2, 0) is 10.0 Å². The molecule has 0 unspecified atom stereocenters. The van der Waals surface area contributed by atoms with E-state index in [4.69, 9.17) is 0 Å². The quantitative estimate of drug-likeness (QED) is 0.809. The zero-order chi connectivity index (χ0) is 19.4.